The quantitative estimate of drug-likeness (QED) is 0.793. The Kier molecular flexibility index (Phi) is 5.25. The molecule has 1 heterocycles. The molecule has 0 saturated carbocycles. The molecule has 0 spiro atoms. The van der Waals surface area contributed by atoms with Gasteiger partial charge in [0.05, 0.1) is 0 Å². The van der Waals surface area contributed by atoms with Crippen molar-refractivity contribution in [2.75, 3.05) is 23.3 Å². The molecule has 0 bridgehead atoms. The maximum Gasteiger partial charge on any atom is 0.232 e. The van der Waals surface area contributed by atoms with Crippen molar-refractivity contribution in [3.05, 3.63) is 61.0 Å². The second-order valence-corrected chi connectivity index (χ2v) is 4.98. The van der Waals surface area contributed by atoms with E-state index in [2.05, 4.69) is 40.4 Å². The molecule has 1 aromatic carbocycles. The van der Waals surface area contributed by atoms with Gasteiger partial charge >= 0.3 is 0 Å². The van der Waals surface area contributed by atoms with Crippen LogP contribution in [0.5, 0.6) is 0 Å². The lowest BCUT2D eigenvalue weighted by molar-refractivity contribution is 0.857. The van der Waals surface area contributed by atoms with Gasteiger partial charge in [0.25, 0.3) is 0 Å². The van der Waals surface area contributed by atoms with Gasteiger partial charge in [-0.1, -0.05) is 29.8 Å². The molecule has 1 aromatic heterocycles. The van der Waals surface area contributed by atoms with E-state index >= 15 is 0 Å². The highest BCUT2D eigenvalue weighted by molar-refractivity contribution is 5.54. The fourth-order valence-corrected chi connectivity index (χ4v) is 1.98. The number of nitrogens with zero attached hydrogens (tertiary/aromatic N) is 4. The molecule has 22 heavy (non-hydrogen) atoms. The first-order chi connectivity index (χ1) is 10.6. The Labute approximate surface area is 131 Å². The second kappa shape index (κ2) is 7.36. The van der Waals surface area contributed by atoms with Gasteiger partial charge in [-0.2, -0.15) is 15.0 Å². The predicted molar refractivity (Wildman–Crippen MR) is 91.6 cm³/mol. The van der Waals surface area contributed by atoms with Crippen LogP contribution in [0.2, 0.25) is 0 Å². The van der Waals surface area contributed by atoms with Crippen molar-refractivity contribution < 1.29 is 0 Å². The van der Waals surface area contributed by atoms with Crippen LogP contribution in [-0.2, 0) is 0 Å². The Morgan fingerprint density at radius 1 is 1.00 bits per heavy atom. The molecule has 0 saturated heterocycles. The third kappa shape index (κ3) is 4.15. The molecule has 0 amide bonds. The van der Waals surface area contributed by atoms with Crippen molar-refractivity contribution in [2.24, 2.45) is 0 Å². The van der Waals surface area contributed by atoms with Crippen LogP contribution >= 0.6 is 0 Å². The first-order valence-corrected chi connectivity index (χ1v) is 7.15. The van der Waals surface area contributed by atoms with Gasteiger partial charge in [0.1, 0.15) is 5.82 Å². The van der Waals surface area contributed by atoms with Gasteiger partial charge in [-0.3, -0.25) is 0 Å². The van der Waals surface area contributed by atoms with Gasteiger partial charge in [-0.15, -0.1) is 13.2 Å². The minimum absolute atomic E-state index is 0.532. The van der Waals surface area contributed by atoms with Crippen LogP contribution in [0, 0.1) is 13.8 Å². The summed E-state index contributed by atoms with van der Waals surface area (Å²) in [4.78, 5) is 15.2. The average Bonchev–Trinajstić information content (AvgIpc) is 2.49. The van der Waals surface area contributed by atoms with Crippen LogP contribution in [0.15, 0.2) is 49.6 Å². The normalized spacial score (nSPS) is 10.1. The summed E-state index contributed by atoms with van der Waals surface area (Å²) in [6.45, 7) is 12.7. The first kappa shape index (κ1) is 15.7. The lowest BCUT2D eigenvalue weighted by Gasteiger charge is -2.19. The van der Waals surface area contributed by atoms with Gasteiger partial charge < -0.3 is 10.2 Å². The number of aryl methyl sites for hydroxylation is 2. The number of benzene rings is 1. The highest BCUT2D eigenvalue weighted by Crippen LogP contribution is 2.16. The molecule has 5 nitrogen and oxygen atoms in total. The number of hydrogen-bond acceptors (Lipinski definition) is 5. The molecule has 2 aromatic rings. The lowest BCUT2D eigenvalue weighted by Crippen LogP contribution is -2.26. The molecular weight excluding hydrogens is 274 g/mol. The molecule has 5 heteroatoms. The van der Waals surface area contributed by atoms with Crippen molar-refractivity contribution >= 4 is 17.6 Å². The van der Waals surface area contributed by atoms with E-state index < -0.39 is 0 Å². The topological polar surface area (TPSA) is 53.9 Å². The molecule has 0 radical (unpaired) electrons. The Balaban J connectivity index is 2.26. The Morgan fingerprint density at radius 3 is 2.23 bits per heavy atom. The molecule has 0 aliphatic heterocycles. The fraction of sp³-hybridized carbons (Fsp3) is 0.235. The predicted octanol–water partition coefficient (Wildman–Crippen LogP) is 3.41. The SMILES string of the molecule is C=CCN(CC=C)c1nc(C)nc(Nc2ccc(C)cc2)n1. The van der Waals surface area contributed by atoms with Crippen LogP contribution in [-0.4, -0.2) is 28.0 Å². The smallest absolute Gasteiger partial charge is 0.232 e. The number of rotatable bonds is 7. The van der Waals surface area contributed by atoms with Gasteiger partial charge in [-0.05, 0) is 26.0 Å². The Hall–Kier alpha value is -2.69. The highest BCUT2D eigenvalue weighted by Gasteiger charge is 2.10. The fourth-order valence-electron chi connectivity index (χ4n) is 1.98. The second-order valence-electron chi connectivity index (χ2n) is 4.98. The summed E-state index contributed by atoms with van der Waals surface area (Å²) >= 11 is 0. The summed E-state index contributed by atoms with van der Waals surface area (Å²) in [5.74, 6) is 1.81. The van der Waals surface area contributed by atoms with Crippen LogP contribution in [0.3, 0.4) is 0 Å². The lowest BCUT2D eigenvalue weighted by atomic mass is 10.2. The van der Waals surface area contributed by atoms with Crippen LogP contribution < -0.4 is 10.2 Å². The monoisotopic (exact) mass is 295 g/mol. The summed E-state index contributed by atoms with van der Waals surface area (Å²) < 4.78 is 0. The van der Waals surface area contributed by atoms with E-state index in [0.29, 0.717) is 30.8 Å². The molecule has 0 fully saturated rings. The molecule has 0 unspecified atom stereocenters. The van der Waals surface area contributed by atoms with Crippen molar-refractivity contribution in [3.63, 3.8) is 0 Å². The Morgan fingerprint density at radius 2 is 1.64 bits per heavy atom. The molecule has 0 aliphatic rings. The van der Waals surface area contributed by atoms with E-state index in [-0.39, 0.29) is 0 Å². The molecule has 1 N–H and O–H groups in total. The van der Waals surface area contributed by atoms with Crippen LogP contribution in [0.25, 0.3) is 0 Å². The third-order valence-corrected chi connectivity index (χ3v) is 3.02. The average molecular weight is 295 g/mol. The van der Waals surface area contributed by atoms with Gasteiger partial charge in [0.2, 0.25) is 11.9 Å². The first-order valence-electron chi connectivity index (χ1n) is 7.15. The van der Waals surface area contributed by atoms with Crippen molar-refractivity contribution in [2.45, 2.75) is 13.8 Å². The molecule has 0 atom stereocenters. The zero-order valence-corrected chi connectivity index (χ0v) is 13.1. The van der Waals surface area contributed by atoms with Crippen LogP contribution in [0.1, 0.15) is 11.4 Å². The van der Waals surface area contributed by atoms with Gasteiger partial charge in [0, 0.05) is 18.8 Å². The molecular formula is C17H21N5. The van der Waals surface area contributed by atoms with Crippen molar-refractivity contribution in [3.8, 4) is 0 Å². The minimum atomic E-state index is 0.532. The number of nitrogens with one attached hydrogen (secondary N) is 1. The van der Waals surface area contributed by atoms with E-state index in [4.69, 9.17) is 0 Å². The third-order valence-electron chi connectivity index (χ3n) is 3.02. The zero-order valence-electron chi connectivity index (χ0n) is 13.1. The van der Waals surface area contributed by atoms with Gasteiger partial charge in [-0.25, -0.2) is 0 Å². The van der Waals surface area contributed by atoms with Gasteiger partial charge in [0.15, 0.2) is 0 Å². The number of hydrogen-bond donors (Lipinski definition) is 1. The summed E-state index contributed by atoms with van der Waals surface area (Å²) in [5.41, 5.74) is 2.15. The summed E-state index contributed by atoms with van der Waals surface area (Å²) in [7, 11) is 0. The van der Waals surface area contributed by atoms with Crippen molar-refractivity contribution in [1.29, 1.82) is 0 Å². The zero-order chi connectivity index (χ0) is 15.9. The highest BCUT2D eigenvalue weighted by atomic mass is 15.3. The largest absolute Gasteiger partial charge is 0.333 e. The van der Waals surface area contributed by atoms with E-state index in [1.165, 1.54) is 5.56 Å². The van der Waals surface area contributed by atoms with E-state index in [0.717, 1.165) is 5.69 Å². The van der Waals surface area contributed by atoms with E-state index in [1.54, 1.807) is 0 Å². The maximum atomic E-state index is 4.49. The maximum absolute atomic E-state index is 4.49. The standard InChI is InChI=1S/C17H21N5/c1-5-11-22(12-6-2)17-19-14(4)18-16(21-17)20-15-9-7-13(3)8-10-15/h5-10H,1-2,11-12H2,3-4H3,(H,18,19,20,21). The van der Waals surface area contributed by atoms with Crippen molar-refractivity contribution in [1.82, 2.24) is 15.0 Å². The summed E-state index contributed by atoms with van der Waals surface area (Å²) in [6.07, 6.45) is 3.63. The number of aromatic nitrogens is 3. The Bertz CT molecular complexity index is 639. The molecule has 0 aliphatic carbocycles. The van der Waals surface area contributed by atoms with Crippen LogP contribution in [0.4, 0.5) is 17.6 Å². The summed E-state index contributed by atoms with van der Waals surface area (Å²) in [5, 5.41) is 3.21. The molecule has 114 valence electrons. The van der Waals surface area contributed by atoms with E-state index in [1.807, 2.05) is 48.2 Å². The van der Waals surface area contributed by atoms with E-state index in [9.17, 15) is 0 Å². The minimum Gasteiger partial charge on any atom is -0.333 e. The molecule has 2 rings (SSSR count). The summed E-state index contributed by atoms with van der Waals surface area (Å²) in [6, 6.07) is 8.08. The number of anilines is 3.